The second kappa shape index (κ2) is 23.5. The summed E-state index contributed by atoms with van der Waals surface area (Å²) in [5, 5.41) is 58.0. The molecule has 4 heterocycles. The van der Waals surface area contributed by atoms with Crippen LogP contribution in [0, 0.1) is 58.2 Å². The molecule has 2 saturated carbocycles. The Morgan fingerprint density at radius 1 is 1.00 bits per heavy atom. The zero-order chi connectivity index (χ0) is 51.5. The zero-order valence-corrected chi connectivity index (χ0v) is 45.9. The number of piperidine rings is 2. The largest absolute Gasteiger partial charge is 0.504 e. The Labute approximate surface area is 443 Å². The molecule has 1 aromatic carbocycles. The van der Waals surface area contributed by atoms with Crippen molar-refractivity contribution in [1.82, 2.24) is 16.0 Å². The van der Waals surface area contributed by atoms with Gasteiger partial charge in [0.1, 0.15) is 17.7 Å². The number of rotatable bonds is 10. The number of aromatic hydroxyl groups is 1. The predicted molar refractivity (Wildman–Crippen MR) is 286 cm³/mol. The highest BCUT2D eigenvalue weighted by Gasteiger charge is 2.60. The number of ether oxygens (including phenoxy) is 3. The van der Waals surface area contributed by atoms with Gasteiger partial charge in [-0.2, -0.15) is 0 Å². The Kier molecular flexibility index (Phi) is 17.7. The van der Waals surface area contributed by atoms with Crippen LogP contribution in [0.25, 0.3) is 0 Å². The van der Waals surface area contributed by atoms with Gasteiger partial charge in [0.2, 0.25) is 5.91 Å². The SMILES string of the molecule is CC(=O)OC1CC(OC(=O)C23CCCCC2CCC(=O)N3)C2(CCNCC2)C2c3ccc(O)c4c3C(CC2C#CCC2CC(C)(O)CSSCC(NCCCC(C)C)C(O)CCC21)C(C1(CO)CCCC1)CO4. The highest BCUT2D eigenvalue weighted by atomic mass is 33.1. The number of aliphatic hydroxyl groups excluding tert-OH is 2. The van der Waals surface area contributed by atoms with Gasteiger partial charge in [-0.05, 0) is 145 Å². The molecule has 7 N–H and O–H groups in total. The molecule has 0 radical (unpaired) electrons. The van der Waals surface area contributed by atoms with Crippen molar-refractivity contribution in [1.29, 1.82) is 0 Å². The summed E-state index contributed by atoms with van der Waals surface area (Å²) in [6.07, 6.45) is 11.6. The lowest BCUT2D eigenvalue weighted by Crippen LogP contribution is -2.65. The number of phenols is 1. The standard InChI is InChI=1S/C58H87N3O10S2/c1-36(2)11-10-26-60-45-33-72-73-35-55(4,68)31-39-13-9-12-38-29-43-44(56(34-62)21-7-8-22-56)32-69-53-47(65)19-17-42(51(43)53)52(38)57(24-27-59-28-25-57)49(30-48(70-37(3)63)41(39)16-18-46(45)64)71-54(67)58-23-6-5-14-40(58)15-20-50(66)61-58/h17,19,36,38-41,43-46,48-49,52,59-60,62,64-65,68H,5-8,10-11,13-16,18,20-35H2,1-4H3,(H,61,66). The first-order valence-corrected chi connectivity index (χ1v) is 30.9. The van der Waals surface area contributed by atoms with Gasteiger partial charge in [-0.25, -0.2) is 4.79 Å². The fraction of sp³-hybridized carbons (Fsp3) is 0.810. The summed E-state index contributed by atoms with van der Waals surface area (Å²) in [6, 6.07) is 3.62. The molecule has 3 saturated heterocycles. The summed E-state index contributed by atoms with van der Waals surface area (Å²) in [7, 11) is 3.31. The van der Waals surface area contributed by atoms with Gasteiger partial charge < -0.3 is 50.6 Å². The minimum absolute atomic E-state index is 0.00159. The Bertz CT molecular complexity index is 2170. The van der Waals surface area contributed by atoms with Gasteiger partial charge >= 0.3 is 11.9 Å². The molecular formula is C58H87N3O10S2. The van der Waals surface area contributed by atoms with Crippen LogP contribution in [0.3, 0.4) is 0 Å². The van der Waals surface area contributed by atoms with E-state index < -0.39 is 46.8 Å². The maximum Gasteiger partial charge on any atom is 0.332 e. The number of carbonyl (C=O) groups excluding carboxylic acids is 3. The maximum atomic E-state index is 15.7. The lowest BCUT2D eigenvalue weighted by Gasteiger charge is -2.56. The van der Waals surface area contributed by atoms with Gasteiger partial charge in [-0.15, -0.1) is 5.92 Å². The molecule has 1 aromatic rings. The minimum Gasteiger partial charge on any atom is -0.504 e. The number of aliphatic hydroxyl groups is 3. The summed E-state index contributed by atoms with van der Waals surface area (Å²) >= 11 is 0. The molecule has 5 fully saturated rings. The number of fused-ring (bicyclic) bond motifs is 5. The van der Waals surface area contributed by atoms with Gasteiger partial charge in [0, 0.05) is 90.4 Å². The molecule has 8 aliphatic rings. The van der Waals surface area contributed by atoms with Crippen LogP contribution in [-0.4, -0.2) is 118 Å². The molecule has 15 heteroatoms. The first-order valence-electron chi connectivity index (χ1n) is 28.4. The summed E-state index contributed by atoms with van der Waals surface area (Å²) < 4.78 is 20.7. The molecule has 13 nitrogen and oxygen atoms in total. The first kappa shape index (κ1) is 55.1. The average molecular weight is 1050 g/mol. The van der Waals surface area contributed by atoms with Crippen molar-refractivity contribution < 1.29 is 49.0 Å². The number of phenolic OH excluding ortho intramolecular Hbond substituents is 1. The highest BCUT2D eigenvalue weighted by Crippen LogP contribution is 2.65. The number of esters is 2. The van der Waals surface area contributed by atoms with Gasteiger partial charge in [0.25, 0.3) is 0 Å². The number of nitrogens with one attached hydrogen (secondary N) is 3. The molecule has 0 bridgehead atoms. The van der Waals surface area contributed by atoms with Crippen LogP contribution in [0.4, 0.5) is 0 Å². The molecule has 4 aliphatic heterocycles. The smallest absolute Gasteiger partial charge is 0.332 e. The predicted octanol–water partition coefficient (Wildman–Crippen LogP) is 8.29. The fourth-order valence-corrected chi connectivity index (χ4v) is 18.6. The molecule has 406 valence electrons. The van der Waals surface area contributed by atoms with Crippen molar-refractivity contribution in [2.24, 2.45) is 46.3 Å². The highest BCUT2D eigenvalue weighted by molar-refractivity contribution is 8.76. The molecule has 73 heavy (non-hydrogen) atoms. The molecule has 4 aliphatic carbocycles. The molecule has 0 aromatic heterocycles. The third-order valence-corrected chi connectivity index (χ3v) is 22.2. The fourth-order valence-electron chi connectivity index (χ4n) is 15.8. The average Bonchev–Trinajstić information content (AvgIpc) is 3.85. The molecule has 1 spiro atoms. The maximum absolute atomic E-state index is 15.7. The normalized spacial score (nSPS) is 37.4. The molecule has 13 unspecified atom stereocenters. The monoisotopic (exact) mass is 1050 g/mol. The van der Waals surface area contributed by atoms with E-state index in [1.54, 1.807) is 27.7 Å². The van der Waals surface area contributed by atoms with E-state index in [1.165, 1.54) is 6.92 Å². The van der Waals surface area contributed by atoms with E-state index in [4.69, 9.17) is 14.2 Å². The Hall–Kier alpha value is -2.71. The van der Waals surface area contributed by atoms with Crippen LogP contribution in [-0.2, 0) is 23.9 Å². The first-order chi connectivity index (χ1) is 35.1. The Balaban J connectivity index is 1.20. The number of hydrogen-bond donors (Lipinski definition) is 7. The van der Waals surface area contributed by atoms with Crippen molar-refractivity contribution in [3.8, 4) is 23.3 Å². The van der Waals surface area contributed by atoms with E-state index in [-0.39, 0.29) is 77.6 Å². The lowest BCUT2D eigenvalue weighted by atomic mass is 9.51. The summed E-state index contributed by atoms with van der Waals surface area (Å²) in [6.45, 7) is 10.3. The third-order valence-electron chi connectivity index (χ3n) is 19.5. The molecule has 9 rings (SSSR count). The van der Waals surface area contributed by atoms with Gasteiger partial charge in [0.05, 0.1) is 18.3 Å². The van der Waals surface area contributed by atoms with Crippen molar-refractivity contribution in [2.75, 3.05) is 44.4 Å². The van der Waals surface area contributed by atoms with E-state index in [1.807, 2.05) is 6.92 Å². The van der Waals surface area contributed by atoms with Gasteiger partial charge in [-0.3, -0.25) is 9.59 Å². The third kappa shape index (κ3) is 11.6. The van der Waals surface area contributed by atoms with Crippen LogP contribution in [0.1, 0.15) is 179 Å². The van der Waals surface area contributed by atoms with E-state index in [9.17, 15) is 30.0 Å². The molecule has 13 atom stereocenters. The van der Waals surface area contributed by atoms with Gasteiger partial charge in [0.15, 0.2) is 11.5 Å². The second-order valence-corrected chi connectivity index (χ2v) is 27.2. The topological polar surface area (TPSA) is 196 Å². The van der Waals surface area contributed by atoms with E-state index >= 15 is 4.79 Å². The molecule has 1 amide bonds. The van der Waals surface area contributed by atoms with Crippen molar-refractivity contribution in [3.05, 3.63) is 23.3 Å². The number of carbonyl (C=O) groups is 3. The van der Waals surface area contributed by atoms with E-state index in [2.05, 4.69) is 47.7 Å². The van der Waals surface area contributed by atoms with Crippen LogP contribution in [0.2, 0.25) is 0 Å². The number of hydrogen-bond acceptors (Lipinski definition) is 14. The van der Waals surface area contributed by atoms with Crippen LogP contribution in [0.5, 0.6) is 11.5 Å². The van der Waals surface area contributed by atoms with Gasteiger partial charge in [-0.1, -0.05) is 73.1 Å². The summed E-state index contributed by atoms with van der Waals surface area (Å²) in [5.74, 6) is 7.73. The van der Waals surface area contributed by atoms with Crippen molar-refractivity contribution in [3.63, 3.8) is 0 Å². The number of amides is 1. The quantitative estimate of drug-likeness (QED) is 0.0512. The van der Waals surface area contributed by atoms with Crippen molar-refractivity contribution >= 4 is 39.4 Å². The van der Waals surface area contributed by atoms with E-state index in [0.29, 0.717) is 107 Å². The zero-order valence-electron chi connectivity index (χ0n) is 44.2. The Morgan fingerprint density at radius 3 is 2.53 bits per heavy atom. The second-order valence-electron chi connectivity index (χ2n) is 24.7. The lowest BCUT2D eigenvalue weighted by molar-refractivity contribution is -0.183. The Morgan fingerprint density at radius 2 is 1.78 bits per heavy atom. The van der Waals surface area contributed by atoms with Crippen molar-refractivity contribution in [2.45, 2.75) is 203 Å². The van der Waals surface area contributed by atoms with E-state index in [0.717, 1.165) is 75.5 Å². The molecular weight excluding hydrogens is 963 g/mol. The number of benzene rings is 1. The van der Waals surface area contributed by atoms with Crippen LogP contribution >= 0.6 is 21.6 Å². The van der Waals surface area contributed by atoms with Crippen LogP contribution in [0.15, 0.2) is 12.1 Å². The summed E-state index contributed by atoms with van der Waals surface area (Å²) in [5.41, 5.74) is -1.35. The van der Waals surface area contributed by atoms with Crippen LogP contribution < -0.4 is 20.7 Å². The summed E-state index contributed by atoms with van der Waals surface area (Å²) in [4.78, 5) is 42.9. The minimum atomic E-state index is -1.17.